The van der Waals surface area contributed by atoms with Gasteiger partial charge in [0.25, 0.3) is 0 Å². The van der Waals surface area contributed by atoms with Crippen LogP contribution in [0.15, 0.2) is 0 Å². The van der Waals surface area contributed by atoms with Crippen LogP contribution in [0.25, 0.3) is 0 Å². The van der Waals surface area contributed by atoms with Crippen molar-refractivity contribution in [2.75, 3.05) is 6.61 Å². The lowest BCUT2D eigenvalue weighted by Crippen LogP contribution is -2.12. The fourth-order valence-electron chi connectivity index (χ4n) is 2.58. The van der Waals surface area contributed by atoms with Gasteiger partial charge in [0.05, 0.1) is 0 Å². The van der Waals surface area contributed by atoms with Crippen LogP contribution in [0.4, 0.5) is 0 Å². The van der Waals surface area contributed by atoms with E-state index in [1.165, 1.54) is 24.1 Å². The highest BCUT2D eigenvalue weighted by atomic mass is 32.1. The molecule has 2 heterocycles. The van der Waals surface area contributed by atoms with Crippen LogP contribution in [0.3, 0.4) is 0 Å². The highest BCUT2D eigenvalue weighted by Crippen LogP contribution is 2.28. The van der Waals surface area contributed by atoms with Crippen molar-refractivity contribution >= 4 is 12.2 Å². The van der Waals surface area contributed by atoms with Gasteiger partial charge in [-0.05, 0) is 38.5 Å². The summed E-state index contributed by atoms with van der Waals surface area (Å²) in [6, 6.07) is 0. The van der Waals surface area contributed by atoms with Gasteiger partial charge in [-0.3, -0.25) is 0 Å². The van der Waals surface area contributed by atoms with E-state index in [0.29, 0.717) is 0 Å². The van der Waals surface area contributed by atoms with Crippen molar-refractivity contribution < 1.29 is 4.74 Å². The van der Waals surface area contributed by atoms with Crippen molar-refractivity contribution in [2.24, 2.45) is 0 Å². The number of ether oxygens (including phenoxy) is 1. The molecule has 0 saturated carbocycles. The molecule has 3 nitrogen and oxygen atoms in total. The Kier molecular flexibility index (Phi) is 2.77. The third kappa shape index (κ3) is 1.80. The van der Waals surface area contributed by atoms with Gasteiger partial charge in [0.2, 0.25) is 0 Å². The summed E-state index contributed by atoms with van der Waals surface area (Å²) < 4.78 is 6.44. The Morgan fingerprint density at radius 2 is 2.12 bits per heavy atom. The number of fused-ring (bicyclic) bond motifs is 1. The molecule has 4 heteroatoms. The fourth-order valence-corrected chi connectivity index (χ4v) is 2.91. The zero-order chi connectivity index (χ0) is 11.0. The molecule has 0 aromatic carbocycles. The molecule has 1 N–H and O–H groups in total. The Morgan fingerprint density at radius 1 is 1.25 bits per heavy atom. The molecule has 1 fully saturated rings. The molecule has 0 spiro atoms. The van der Waals surface area contributed by atoms with E-state index >= 15 is 0 Å². The molecule has 0 bridgehead atoms. The van der Waals surface area contributed by atoms with E-state index in [4.69, 9.17) is 17.0 Å². The van der Waals surface area contributed by atoms with Crippen molar-refractivity contribution in [3.8, 4) is 0 Å². The van der Waals surface area contributed by atoms with Crippen molar-refractivity contribution in [3.05, 3.63) is 21.7 Å². The lowest BCUT2D eigenvalue weighted by molar-refractivity contribution is 0.104. The number of rotatable bonds is 1. The number of nitrogens with one attached hydrogen (secondary N) is 1. The number of aromatic nitrogens is 2. The van der Waals surface area contributed by atoms with E-state index in [0.717, 1.165) is 42.8 Å². The highest BCUT2D eigenvalue weighted by molar-refractivity contribution is 7.71. The minimum absolute atomic E-state index is 0.147. The summed E-state index contributed by atoms with van der Waals surface area (Å²) in [4.78, 5) is 7.95. The van der Waals surface area contributed by atoms with Crippen molar-refractivity contribution in [1.82, 2.24) is 9.97 Å². The average molecular weight is 236 g/mol. The molecule has 1 aromatic rings. The molecular formula is C12H16N2OS. The van der Waals surface area contributed by atoms with Crippen LogP contribution in [0.5, 0.6) is 0 Å². The lowest BCUT2D eigenvalue weighted by atomic mass is 9.97. The fraction of sp³-hybridized carbons (Fsp3) is 0.667. The van der Waals surface area contributed by atoms with Crippen molar-refractivity contribution in [3.63, 3.8) is 0 Å². The van der Waals surface area contributed by atoms with Gasteiger partial charge in [0, 0.05) is 17.9 Å². The third-order valence-electron chi connectivity index (χ3n) is 3.46. The Bertz CT molecular complexity index is 449. The van der Waals surface area contributed by atoms with E-state index < -0.39 is 0 Å². The monoisotopic (exact) mass is 236 g/mol. The SMILES string of the molecule is S=c1nc(C2CCCO2)[nH]c2c1CCCC2. The molecule has 1 unspecified atom stereocenters. The average Bonchev–Trinajstić information content (AvgIpc) is 2.82. The summed E-state index contributed by atoms with van der Waals surface area (Å²) in [5.74, 6) is 0.947. The Balaban J connectivity index is 2.01. The summed E-state index contributed by atoms with van der Waals surface area (Å²) >= 11 is 5.38. The predicted octanol–water partition coefficient (Wildman–Crippen LogP) is 2.87. The van der Waals surface area contributed by atoms with E-state index in [9.17, 15) is 0 Å². The number of hydrogen-bond acceptors (Lipinski definition) is 3. The Labute approximate surface area is 100 Å². The second kappa shape index (κ2) is 4.26. The zero-order valence-electron chi connectivity index (χ0n) is 9.29. The van der Waals surface area contributed by atoms with Crippen LogP contribution in [0.1, 0.15) is 48.9 Å². The molecular weight excluding hydrogens is 220 g/mol. The second-order valence-electron chi connectivity index (χ2n) is 4.59. The summed E-state index contributed by atoms with van der Waals surface area (Å²) in [5.41, 5.74) is 2.57. The third-order valence-corrected chi connectivity index (χ3v) is 3.80. The van der Waals surface area contributed by atoms with Crippen LogP contribution >= 0.6 is 12.2 Å². The smallest absolute Gasteiger partial charge is 0.137 e. The van der Waals surface area contributed by atoms with E-state index in [2.05, 4.69) is 9.97 Å². The minimum Gasteiger partial charge on any atom is -0.370 e. The number of aromatic amines is 1. The van der Waals surface area contributed by atoms with Gasteiger partial charge in [0.15, 0.2) is 0 Å². The molecule has 3 rings (SSSR count). The van der Waals surface area contributed by atoms with E-state index in [1.54, 1.807) is 0 Å². The largest absolute Gasteiger partial charge is 0.370 e. The first-order valence-corrected chi connectivity index (χ1v) is 6.49. The van der Waals surface area contributed by atoms with Crippen LogP contribution in [-0.4, -0.2) is 16.6 Å². The van der Waals surface area contributed by atoms with Crippen LogP contribution in [0, 0.1) is 4.64 Å². The first kappa shape index (κ1) is 10.4. The summed E-state index contributed by atoms with van der Waals surface area (Å²) in [6.07, 6.45) is 7.04. The first-order valence-electron chi connectivity index (χ1n) is 6.08. The molecule has 0 amide bonds. The molecule has 16 heavy (non-hydrogen) atoms. The molecule has 1 atom stereocenters. The summed E-state index contributed by atoms with van der Waals surface area (Å²) in [5, 5.41) is 0. The van der Waals surface area contributed by atoms with Gasteiger partial charge in [-0.2, -0.15) is 0 Å². The molecule has 2 aliphatic rings. The normalized spacial score (nSPS) is 24.4. The Morgan fingerprint density at radius 3 is 2.94 bits per heavy atom. The van der Waals surface area contributed by atoms with Gasteiger partial charge in [-0.1, -0.05) is 12.2 Å². The van der Waals surface area contributed by atoms with Crippen molar-refractivity contribution in [2.45, 2.75) is 44.6 Å². The first-order chi connectivity index (χ1) is 7.84. The van der Waals surface area contributed by atoms with Gasteiger partial charge >= 0.3 is 0 Å². The number of H-pyrrole nitrogens is 1. The highest BCUT2D eigenvalue weighted by Gasteiger charge is 2.22. The predicted molar refractivity (Wildman–Crippen MR) is 64.0 cm³/mol. The maximum atomic E-state index is 5.64. The number of nitrogens with zero attached hydrogens (tertiary/aromatic N) is 1. The number of aryl methyl sites for hydroxylation is 1. The van der Waals surface area contributed by atoms with E-state index in [-0.39, 0.29) is 6.10 Å². The van der Waals surface area contributed by atoms with E-state index in [1.807, 2.05) is 0 Å². The van der Waals surface area contributed by atoms with Crippen LogP contribution in [0.2, 0.25) is 0 Å². The number of hydrogen-bond donors (Lipinski definition) is 1. The maximum Gasteiger partial charge on any atom is 0.137 e. The van der Waals surface area contributed by atoms with Gasteiger partial charge in [0.1, 0.15) is 16.6 Å². The van der Waals surface area contributed by atoms with Crippen LogP contribution in [-0.2, 0) is 17.6 Å². The molecule has 1 aliphatic heterocycles. The molecule has 0 radical (unpaired) electrons. The van der Waals surface area contributed by atoms with Gasteiger partial charge in [-0.15, -0.1) is 0 Å². The topological polar surface area (TPSA) is 37.9 Å². The van der Waals surface area contributed by atoms with Crippen LogP contribution < -0.4 is 0 Å². The summed E-state index contributed by atoms with van der Waals surface area (Å²) in [7, 11) is 0. The Hall–Kier alpha value is -0.740. The van der Waals surface area contributed by atoms with Crippen molar-refractivity contribution in [1.29, 1.82) is 0 Å². The quantitative estimate of drug-likeness (QED) is 0.762. The van der Waals surface area contributed by atoms with Gasteiger partial charge < -0.3 is 9.72 Å². The summed E-state index contributed by atoms with van der Waals surface area (Å²) in [6.45, 7) is 0.851. The standard InChI is InChI=1S/C12H16N2OS/c16-12-8-4-1-2-5-9(8)13-11(14-12)10-6-3-7-15-10/h10H,1-7H2,(H,13,14,16). The maximum absolute atomic E-state index is 5.64. The minimum atomic E-state index is 0.147. The molecule has 1 aromatic heterocycles. The lowest BCUT2D eigenvalue weighted by Gasteiger charge is -2.18. The molecule has 86 valence electrons. The zero-order valence-corrected chi connectivity index (χ0v) is 10.1. The van der Waals surface area contributed by atoms with Gasteiger partial charge in [-0.25, -0.2) is 4.98 Å². The molecule has 1 saturated heterocycles. The second-order valence-corrected chi connectivity index (χ2v) is 4.98. The molecule has 1 aliphatic carbocycles.